The SMILES string of the molecule is CCC(N)Cc1ccnc(C2CCCS2)n1. The van der Waals surface area contributed by atoms with E-state index in [0.29, 0.717) is 5.25 Å². The minimum atomic E-state index is 0.221. The van der Waals surface area contributed by atoms with Gasteiger partial charge in [0.25, 0.3) is 0 Å². The fourth-order valence-corrected chi connectivity index (χ4v) is 3.09. The van der Waals surface area contributed by atoms with Crippen LogP contribution < -0.4 is 5.73 Å². The molecule has 2 rings (SSSR count). The van der Waals surface area contributed by atoms with Gasteiger partial charge in [0.05, 0.1) is 5.25 Å². The zero-order valence-electron chi connectivity index (χ0n) is 9.72. The van der Waals surface area contributed by atoms with Gasteiger partial charge in [-0.2, -0.15) is 11.8 Å². The van der Waals surface area contributed by atoms with E-state index in [1.165, 1.54) is 18.6 Å². The molecular formula is C12H19N3S. The Balaban J connectivity index is 2.06. The van der Waals surface area contributed by atoms with E-state index in [1.54, 1.807) is 0 Å². The van der Waals surface area contributed by atoms with Gasteiger partial charge >= 0.3 is 0 Å². The predicted octanol–water partition coefficient (Wildman–Crippen LogP) is 2.32. The van der Waals surface area contributed by atoms with Gasteiger partial charge in [0, 0.05) is 24.4 Å². The molecule has 2 atom stereocenters. The second kappa shape index (κ2) is 5.64. The van der Waals surface area contributed by atoms with Crippen molar-refractivity contribution in [3.63, 3.8) is 0 Å². The molecule has 0 aliphatic carbocycles. The zero-order valence-corrected chi connectivity index (χ0v) is 10.5. The van der Waals surface area contributed by atoms with Gasteiger partial charge < -0.3 is 5.73 Å². The Morgan fingerprint density at radius 1 is 1.62 bits per heavy atom. The molecule has 3 nitrogen and oxygen atoms in total. The van der Waals surface area contributed by atoms with Gasteiger partial charge in [-0.05, 0) is 31.1 Å². The maximum absolute atomic E-state index is 5.94. The Kier molecular flexibility index (Phi) is 4.18. The molecule has 4 heteroatoms. The van der Waals surface area contributed by atoms with E-state index >= 15 is 0 Å². The monoisotopic (exact) mass is 237 g/mol. The van der Waals surface area contributed by atoms with Crippen molar-refractivity contribution in [2.24, 2.45) is 5.73 Å². The van der Waals surface area contributed by atoms with Crippen molar-refractivity contribution in [3.05, 3.63) is 23.8 Å². The Labute approximate surface area is 101 Å². The maximum Gasteiger partial charge on any atom is 0.141 e. The molecule has 1 aromatic rings. The maximum atomic E-state index is 5.94. The molecule has 0 amide bonds. The third-order valence-electron chi connectivity index (χ3n) is 2.95. The summed E-state index contributed by atoms with van der Waals surface area (Å²) < 4.78 is 0. The third kappa shape index (κ3) is 2.95. The molecule has 0 spiro atoms. The van der Waals surface area contributed by atoms with E-state index in [1.807, 2.05) is 24.0 Å². The third-order valence-corrected chi connectivity index (χ3v) is 4.32. The van der Waals surface area contributed by atoms with Gasteiger partial charge in [0.2, 0.25) is 0 Å². The van der Waals surface area contributed by atoms with Gasteiger partial charge in [-0.15, -0.1) is 0 Å². The van der Waals surface area contributed by atoms with Crippen LogP contribution in [0, 0.1) is 0 Å². The summed E-state index contributed by atoms with van der Waals surface area (Å²) in [5, 5.41) is 0.512. The van der Waals surface area contributed by atoms with E-state index < -0.39 is 0 Å². The Bertz CT molecular complexity index is 337. The summed E-state index contributed by atoms with van der Waals surface area (Å²) in [7, 11) is 0. The van der Waals surface area contributed by atoms with E-state index in [4.69, 9.17) is 5.73 Å². The first kappa shape index (κ1) is 11.9. The van der Waals surface area contributed by atoms with Crippen molar-refractivity contribution in [3.8, 4) is 0 Å². The lowest BCUT2D eigenvalue weighted by Gasteiger charge is -2.11. The van der Waals surface area contributed by atoms with Crippen molar-refractivity contribution in [2.75, 3.05) is 5.75 Å². The van der Waals surface area contributed by atoms with Crippen LogP contribution in [0.2, 0.25) is 0 Å². The molecule has 1 aliphatic heterocycles. The fraction of sp³-hybridized carbons (Fsp3) is 0.667. The summed E-state index contributed by atoms with van der Waals surface area (Å²) in [6, 6.07) is 2.21. The van der Waals surface area contributed by atoms with Gasteiger partial charge in [-0.3, -0.25) is 0 Å². The Morgan fingerprint density at radius 2 is 2.50 bits per heavy atom. The highest BCUT2D eigenvalue weighted by molar-refractivity contribution is 7.99. The van der Waals surface area contributed by atoms with Crippen molar-refractivity contribution in [1.29, 1.82) is 0 Å². The molecule has 1 fully saturated rings. The lowest BCUT2D eigenvalue weighted by Crippen LogP contribution is -2.22. The van der Waals surface area contributed by atoms with Crippen molar-refractivity contribution < 1.29 is 0 Å². The van der Waals surface area contributed by atoms with Crippen LogP contribution in [0.5, 0.6) is 0 Å². The highest BCUT2D eigenvalue weighted by atomic mass is 32.2. The molecule has 0 radical (unpaired) electrons. The second-order valence-corrected chi connectivity index (χ2v) is 5.59. The molecule has 0 aromatic carbocycles. The molecule has 88 valence electrons. The standard InChI is InChI=1S/C12H19N3S/c1-2-9(13)8-10-5-6-14-12(15-10)11-4-3-7-16-11/h5-6,9,11H,2-4,7-8,13H2,1H3. The van der Waals surface area contributed by atoms with Crippen LogP contribution >= 0.6 is 11.8 Å². The van der Waals surface area contributed by atoms with Crippen LogP contribution in [-0.4, -0.2) is 21.8 Å². The minimum absolute atomic E-state index is 0.221. The van der Waals surface area contributed by atoms with Crippen LogP contribution in [0.15, 0.2) is 12.3 Å². The number of hydrogen-bond donors (Lipinski definition) is 1. The smallest absolute Gasteiger partial charge is 0.141 e. The van der Waals surface area contributed by atoms with E-state index in [-0.39, 0.29) is 6.04 Å². The van der Waals surface area contributed by atoms with Crippen LogP contribution in [0.25, 0.3) is 0 Å². The lowest BCUT2D eigenvalue weighted by atomic mass is 10.1. The number of nitrogens with zero attached hydrogens (tertiary/aromatic N) is 2. The van der Waals surface area contributed by atoms with E-state index in [9.17, 15) is 0 Å². The predicted molar refractivity (Wildman–Crippen MR) is 68.4 cm³/mol. The summed E-state index contributed by atoms with van der Waals surface area (Å²) in [5.74, 6) is 2.25. The summed E-state index contributed by atoms with van der Waals surface area (Å²) in [5.41, 5.74) is 7.03. The first-order chi connectivity index (χ1) is 7.79. The molecular weight excluding hydrogens is 218 g/mol. The van der Waals surface area contributed by atoms with Crippen LogP contribution in [-0.2, 0) is 6.42 Å². The quantitative estimate of drug-likeness (QED) is 0.873. The van der Waals surface area contributed by atoms with Crippen molar-refractivity contribution in [2.45, 2.75) is 43.9 Å². The number of rotatable bonds is 4. The first-order valence-corrected chi connectivity index (χ1v) is 7.03. The Morgan fingerprint density at radius 3 is 3.19 bits per heavy atom. The first-order valence-electron chi connectivity index (χ1n) is 5.98. The molecule has 2 heterocycles. The number of thioether (sulfide) groups is 1. The molecule has 2 N–H and O–H groups in total. The van der Waals surface area contributed by atoms with E-state index in [0.717, 1.165) is 24.4 Å². The molecule has 1 aliphatic rings. The summed E-state index contributed by atoms with van der Waals surface area (Å²) in [6.45, 7) is 2.11. The zero-order chi connectivity index (χ0) is 11.4. The summed E-state index contributed by atoms with van der Waals surface area (Å²) >= 11 is 1.97. The van der Waals surface area contributed by atoms with Gasteiger partial charge in [-0.25, -0.2) is 9.97 Å². The number of aromatic nitrogens is 2. The second-order valence-electron chi connectivity index (χ2n) is 4.28. The average Bonchev–Trinajstić information content (AvgIpc) is 2.83. The van der Waals surface area contributed by atoms with Crippen molar-refractivity contribution in [1.82, 2.24) is 9.97 Å². The highest BCUT2D eigenvalue weighted by Crippen LogP contribution is 2.37. The fourth-order valence-electron chi connectivity index (χ4n) is 1.88. The molecule has 2 unspecified atom stereocenters. The highest BCUT2D eigenvalue weighted by Gasteiger charge is 2.20. The molecule has 16 heavy (non-hydrogen) atoms. The van der Waals surface area contributed by atoms with Gasteiger partial charge in [0.1, 0.15) is 5.82 Å². The average molecular weight is 237 g/mol. The van der Waals surface area contributed by atoms with Crippen LogP contribution in [0.4, 0.5) is 0 Å². The van der Waals surface area contributed by atoms with Crippen LogP contribution in [0.1, 0.15) is 43.0 Å². The molecule has 1 saturated heterocycles. The molecule has 1 aromatic heterocycles. The largest absolute Gasteiger partial charge is 0.327 e. The number of nitrogens with two attached hydrogens (primary N) is 1. The van der Waals surface area contributed by atoms with Crippen molar-refractivity contribution >= 4 is 11.8 Å². The summed E-state index contributed by atoms with van der Waals surface area (Å²) in [4.78, 5) is 9.01. The molecule has 0 saturated carbocycles. The number of hydrogen-bond acceptors (Lipinski definition) is 4. The lowest BCUT2D eigenvalue weighted by molar-refractivity contribution is 0.630. The summed E-state index contributed by atoms with van der Waals surface area (Å²) in [6.07, 6.45) is 6.24. The minimum Gasteiger partial charge on any atom is -0.327 e. The van der Waals surface area contributed by atoms with Gasteiger partial charge in [0.15, 0.2) is 0 Å². The topological polar surface area (TPSA) is 51.8 Å². The van der Waals surface area contributed by atoms with E-state index in [2.05, 4.69) is 16.9 Å². The molecule has 0 bridgehead atoms. The Hall–Kier alpha value is -0.610. The van der Waals surface area contributed by atoms with Crippen LogP contribution in [0.3, 0.4) is 0 Å². The normalized spacial score (nSPS) is 22.2. The van der Waals surface area contributed by atoms with Gasteiger partial charge in [-0.1, -0.05) is 6.92 Å².